The summed E-state index contributed by atoms with van der Waals surface area (Å²) in [4.78, 5) is 38.7. The number of rotatable bonds is 8. The molecule has 3 fully saturated rings. The van der Waals surface area contributed by atoms with E-state index in [4.69, 9.17) is 4.74 Å². The van der Waals surface area contributed by atoms with Gasteiger partial charge in [0, 0.05) is 35.7 Å². The summed E-state index contributed by atoms with van der Waals surface area (Å²) in [7, 11) is 0. The Morgan fingerprint density at radius 3 is 2.42 bits per heavy atom. The number of Topliss-reactive ketones (excluding diaryl/α,β-unsaturated/α-hetero) is 1. The molecule has 0 saturated carbocycles. The lowest BCUT2D eigenvalue weighted by Gasteiger charge is -2.51. The fraction of sp³-hybridized carbons (Fsp3) is 0.323. The molecular weight excluding hydrogens is 478 g/mol. The van der Waals surface area contributed by atoms with Crippen molar-refractivity contribution in [1.29, 1.82) is 0 Å². The summed E-state index contributed by atoms with van der Waals surface area (Å²) in [5, 5.41) is 6.17. The third kappa shape index (κ3) is 4.94. The maximum Gasteiger partial charge on any atom is 0.333 e. The Hall–Kier alpha value is -3.97. The lowest BCUT2D eigenvalue weighted by atomic mass is 9.82. The number of para-hydroxylation sites is 1. The van der Waals surface area contributed by atoms with Crippen molar-refractivity contribution in [2.45, 2.75) is 31.4 Å². The topological polar surface area (TPSA) is 84.5 Å². The van der Waals surface area contributed by atoms with Crippen molar-refractivity contribution < 1.29 is 23.6 Å². The van der Waals surface area contributed by atoms with Gasteiger partial charge in [-0.3, -0.25) is 9.59 Å². The van der Waals surface area contributed by atoms with Crippen molar-refractivity contribution in [3.8, 4) is 0 Å². The second-order valence-electron chi connectivity index (χ2n) is 10.8. The van der Waals surface area contributed by atoms with Crippen LogP contribution in [0.15, 0.2) is 78.9 Å². The zero-order valence-electron chi connectivity index (χ0n) is 21.3. The first kappa shape index (κ1) is 24.4. The fourth-order valence-electron chi connectivity index (χ4n) is 6.22. The van der Waals surface area contributed by atoms with E-state index in [0.29, 0.717) is 35.5 Å². The number of hydrogen-bond donors (Lipinski definition) is 2. The monoisotopic (exact) mass is 510 g/mol. The smallest absolute Gasteiger partial charge is 0.333 e. The number of ether oxygens (including phenoxy) is 1. The van der Waals surface area contributed by atoms with Crippen LogP contribution >= 0.6 is 0 Å². The number of quaternary nitrogens is 1. The number of hydrogen-bond acceptors (Lipinski definition) is 5. The Kier molecular flexibility index (Phi) is 6.45. The molecule has 3 aromatic rings. The van der Waals surface area contributed by atoms with Gasteiger partial charge in [0.15, 0.2) is 12.1 Å². The maximum atomic E-state index is 13.6. The maximum absolute atomic E-state index is 13.6. The number of ketones is 1. The Morgan fingerprint density at radius 1 is 0.974 bits per heavy atom. The quantitative estimate of drug-likeness (QED) is 0.267. The van der Waals surface area contributed by atoms with Gasteiger partial charge in [-0.2, -0.15) is 0 Å². The van der Waals surface area contributed by atoms with Gasteiger partial charge in [-0.1, -0.05) is 48.5 Å². The average Bonchev–Trinajstić information content (AvgIpc) is 3.32. The van der Waals surface area contributed by atoms with Crippen LogP contribution < -0.4 is 10.6 Å². The average molecular weight is 511 g/mol. The van der Waals surface area contributed by atoms with Gasteiger partial charge in [-0.25, -0.2) is 4.79 Å². The number of anilines is 2. The third-order valence-electron chi connectivity index (χ3n) is 8.29. The highest BCUT2D eigenvalue weighted by Gasteiger charge is 2.49. The molecule has 1 amide bonds. The third-order valence-corrected chi connectivity index (χ3v) is 8.29. The zero-order chi connectivity index (χ0) is 26.1. The number of carbonyl (C=O) groups is 3. The first-order chi connectivity index (χ1) is 18.5. The SMILES string of the molecule is O=C1Cc2cc(C(=O)C[N+]34CCC(CC3)C(OC(=O)C(Nc3ccccc3)c3ccccc3)C4)ccc2N1. The number of fused-ring (bicyclic) bond motifs is 4. The molecular formula is C31H32N3O4+. The van der Waals surface area contributed by atoms with Crippen molar-refractivity contribution in [3.63, 3.8) is 0 Å². The molecule has 2 N–H and O–H groups in total. The molecule has 0 spiro atoms. The van der Waals surface area contributed by atoms with E-state index < -0.39 is 6.04 Å². The number of esters is 1. The van der Waals surface area contributed by atoms with E-state index in [9.17, 15) is 14.4 Å². The van der Waals surface area contributed by atoms with E-state index in [0.717, 1.165) is 48.4 Å². The largest absolute Gasteiger partial charge is 0.454 e. The second kappa shape index (κ2) is 10.1. The number of piperidine rings is 3. The molecule has 4 heterocycles. The van der Waals surface area contributed by atoms with Gasteiger partial charge in [0.25, 0.3) is 0 Å². The highest BCUT2D eigenvalue weighted by atomic mass is 16.5. The Labute approximate surface area is 222 Å². The van der Waals surface area contributed by atoms with Gasteiger partial charge in [0.2, 0.25) is 11.7 Å². The number of amides is 1. The van der Waals surface area contributed by atoms with Crippen LogP contribution in [0.25, 0.3) is 0 Å². The molecule has 3 aromatic carbocycles. The minimum Gasteiger partial charge on any atom is -0.454 e. The highest BCUT2D eigenvalue weighted by molar-refractivity contribution is 6.02. The second-order valence-corrected chi connectivity index (χ2v) is 10.8. The molecule has 7 rings (SSSR count). The van der Waals surface area contributed by atoms with E-state index in [1.54, 1.807) is 6.07 Å². The van der Waals surface area contributed by atoms with Gasteiger partial charge in [-0.15, -0.1) is 0 Å². The van der Waals surface area contributed by atoms with Gasteiger partial charge >= 0.3 is 5.97 Å². The van der Waals surface area contributed by atoms with Crippen molar-refractivity contribution in [2.24, 2.45) is 5.92 Å². The molecule has 0 aliphatic carbocycles. The Bertz CT molecular complexity index is 1350. The van der Waals surface area contributed by atoms with Crippen LogP contribution in [0.2, 0.25) is 0 Å². The molecule has 7 heteroatoms. The normalized spacial score (nSPS) is 24.3. The molecule has 4 aliphatic rings. The van der Waals surface area contributed by atoms with E-state index in [2.05, 4.69) is 10.6 Å². The highest BCUT2D eigenvalue weighted by Crippen LogP contribution is 2.37. The van der Waals surface area contributed by atoms with Crippen LogP contribution in [0, 0.1) is 5.92 Å². The van der Waals surface area contributed by atoms with Crippen LogP contribution in [0.3, 0.4) is 0 Å². The lowest BCUT2D eigenvalue weighted by molar-refractivity contribution is -0.938. The zero-order valence-corrected chi connectivity index (χ0v) is 21.3. The van der Waals surface area contributed by atoms with E-state index in [1.807, 2.05) is 72.8 Å². The van der Waals surface area contributed by atoms with Crippen LogP contribution in [0.1, 0.15) is 40.4 Å². The summed E-state index contributed by atoms with van der Waals surface area (Å²) < 4.78 is 6.87. The molecule has 194 valence electrons. The minimum absolute atomic E-state index is 0.0372. The van der Waals surface area contributed by atoms with Gasteiger partial charge in [0.1, 0.15) is 13.1 Å². The molecule has 3 saturated heterocycles. The molecule has 2 bridgehead atoms. The molecule has 7 nitrogen and oxygen atoms in total. The van der Waals surface area contributed by atoms with Crippen LogP contribution in [-0.4, -0.2) is 54.4 Å². The summed E-state index contributed by atoms with van der Waals surface area (Å²) in [6.07, 6.45) is 1.98. The summed E-state index contributed by atoms with van der Waals surface area (Å²) >= 11 is 0. The molecule has 2 unspecified atom stereocenters. The first-order valence-corrected chi connectivity index (χ1v) is 13.4. The molecule has 4 aliphatic heterocycles. The van der Waals surface area contributed by atoms with Crippen LogP contribution in [0.4, 0.5) is 11.4 Å². The Morgan fingerprint density at radius 2 is 1.68 bits per heavy atom. The van der Waals surface area contributed by atoms with Crippen molar-refractivity contribution >= 4 is 29.0 Å². The number of benzene rings is 3. The minimum atomic E-state index is -0.619. The summed E-state index contributed by atoms with van der Waals surface area (Å²) in [6.45, 7) is 2.87. The number of nitrogens with one attached hydrogen (secondary N) is 2. The van der Waals surface area contributed by atoms with Crippen molar-refractivity contribution in [3.05, 3.63) is 95.6 Å². The molecule has 2 atom stereocenters. The Balaban J connectivity index is 1.16. The lowest BCUT2D eigenvalue weighted by Crippen LogP contribution is -2.65. The summed E-state index contributed by atoms with van der Waals surface area (Å²) in [6, 6.07) is 24.2. The van der Waals surface area contributed by atoms with Gasteiger partial charge in [-0.05, 0) is 41.5 Å². The fourth-order valence-corrected chi connectivity index (χ4v) is 6.22. The predicted molar refractivity (Wildman–Crippen MR) is 145 cm³/mol. The van der Waals surface area contributed by atoms with E-state index >= 15 is 0 Å². The van der Waals surface area contributed by atoms with Crippen LogP contribution in [0.5, 0.6) is 0 Å². The number of nitrogens with zero attached hydrogens (tertiary/aromatic N) is 1. The first-order valence-electron chi connectivity index (χ1n) is 13.4. The molecule has 0 aromatic heterocycles. The summed E-state index contributed by atoms with van der Waals surface area (Å²) in [5.41, 5.74) is 4.02. The van der Waals surface area contributed by atoms with E-state index in [-0.39, 0.29) is 23.8 Å². The van der Waals surface area contributed by atoms with E-state index in [1.165, 1.54) is 0 Å². The van der Waals surface area contributed by atoms with Crippen LogP contribution in [-0.2, 0) is 20.7 Å². The summed E-state index contributed by atoms with van der Waals surface area (Å²) in [5.74, 6) is 0.0635. The van der Waals surface area contributed by atoms with Crippen molar-refractivity contribution in [2.75, 3.05) is 36.8 Å². The van der Waals surface area contributed by atoms with Crippen molar-refractivity contribution in [1.82, 2.24) is 0 Å². The van der Waals surface area contributed by atoms with Gasteiger partial charge < -0.3 is 19.9 Å². The molecule has 0 radical (unpaired) electrons. The standard InChI is InChI=1S/C31H31N3O4/c35-27(23-11-12-26-24(17-23)18-29(36)33-26)19-34-15-13-21(14-16-34)28(20-34)38-31(37)30(22-7-3-1-4-8-22)32-25-9-5-2-6-10-25/h1-12,17,21,28,30,32H,13-16,18-20H2/p+1. The predicted octanol–water partition coefficient (Wildman–Crippen LogP) is 4.37. The van der Waals surface area contributed by atoms with Gasteiger partial charge in [0.05, 0.1) is 19.5 Å². The number of carbonyl (C=O) groups excluding carboxylic acids is 3. The molecule has 38 heavy (non-hydrogen) atoms.